The van der Waals surface area contributed by atoms with Gasteiger partial charge in [-0.15, -0.1) is 0 Å². The zero-order valence-electron chi connectivity index (χ0n) is 16.4. The maximum absolute atomic E-state index is 11.2. The first kappa shape index (κ1) is 22.7. The molecule has 1 aromatic carbocycles. The van der Waals surface area contributed by atoms with Gasteiger partial charge in [0.25, 0.3) is 0 Å². The SMILES string of the molecule is CC(=N/C(=C\C=O)N1CCC(CO)(CCN)CC1)N(C)c1cccc(Cl)c1Cl. The molecule has 0 bridgehead atoms. The second kappa shape index (κ2) is 10.3. The number of likely N-dealkylation sites (tertiary alicyclic amines) is 1. The summed E-state index contributed by atoms with van der Waals surface area (Å²) in [5.74, 6) is 1.27. The molecule has 0 amide bonds. The number of halogens is 2. The molecule has 1 aliphatic heterocycles. The third-order valence-corrected chi connectivity index (χ3v) is 6.24. The van der Waals surface area contributed by atoms with Crippen molar-refractivity contribution in [1.29, 1.82) is 0 Å². The number of carbonyl (C=O) groups excluding carboxylic acids is 1. The number of aldehydes is 1. The van der Waals surface area contributed by atoms with Crippen LogP contribution in [0.2, 0.25) is 10.0 Å². The minimum absolute atomic E-state index is 0.128. The molecule has 154 valence electrons. The summed E-state index contributed by atoms with van der Waals surface area (Å²) in [4.78, 5) is 19.8. The molecule has 0 aromatic heterocycles. The monoisotopic (exact) mass is 426 g/mol. The first-order valence-corrected chi connectivity index (χ1v) is 10.1. The summed E-state index contributed by atoms with van der Waals surface area (Å²) in [5.41, 5.74) is 6.31. The van der Waals surface area contributed by atoms with Gasteiger partial charge in [-0.25, -0.2) is 4.99 Å². The molecule has 0 aliphatic carbocycles. The Bertz CT molecular complexity index is 744. The maximum atomic E-state index is 11.2. The van der Waals surface area contributed by atoms with E-state index < -0.39 is 0 Å². The van der Waals surface area contributed by atoms with Crippen molar-refractivity contribution in [2.24, 2.45) is 16.1 Å². The fraction of sp³-hybridized carbons (Fsp3) is 0.500. The van der Waals surface area contributed by atoms with Crippen molar-refractivity contribution in [1.82, 2.24) is 4.90 Å². The molecule has 1 fully saturated rings. The Kier molecular flexibility index (Phi) is 8.31. The van der Waals surface area contributed by atoms with Gasteiger partial charge in [-0.1, -0.05) is 29.3 Å². The summed E-state index contributed by atoms with van der Waals surface area (Å²) in [7, 11) is 1.85. The molecule has 1 aliphatic rings. The van der Waals surface area contributed by atoms with Crippen LogP contribution in [-0.4, -0.2) is 55.4 Å². The van der Waals surface area contributed by atoms with E-state index in [0.29, 0.717) is 41.3 Å². The zero-order chi connectivity index (χ0) is 20.7. The van der Waals surface area contributed by atoms with Crippen molar-refractivity contribution in [3.05, 3.63) is 40.1 Å². The summed E-state index contributed by atoms with van der Waals surface area (Å²) in [5, 5.41) is 10.7. The molecule has 3 N–H and O–H groups in total. The van der Waals surface area contributed by atoms with Crippen LogP contribution < -0.4 is 10.6 Å². The summed E-state index contributed by atoms with van der Waals surface area (Å²) in [6.45, 7) is 3.95. The summed E-state index contributed by atoms with van der Waals surface area (Å²) in [6.07, 6.45) is 4.61. The molecule has 1 saturated heterocycles. The Morgan fingerprint density at radius 3 is 2.64 bits per heavy atom. The van der Waals surface area contributed by atoms with Crippen LogP contribution in [0.5, 0.6) is 0 Å². The number of allylic oxidation sites excluding steroid dienone is 1. The van der Waals surface area contributed by atoms with E-state index in [1.807, 2.05) is 31.0 Å². The van der Waals surface area contributed by atoms with E-state index in [-0.39, 0.29) is 12.0 Å². The fourth-order valence-electron chi connectivity index (χ4n) is 3.44. The Balaban J connectivity index is 2.19. The molecule has 0 spiro atoms. The first-order valence-electron chi connectivity index (χ1n) is 9.32. The zero-order valence-corrected chi connectivity index (χ0v) is 17.9. The highest BCUT2D eigenvalue weighted by Gasteiger charge is 2.34. The van der Waals surface area contributed by atoms with Crippen LogP contribution in [0.4, 0.5) is 5.69 Å². The maximum Gasteiger partial charge on any atom is 0.146 e. The van der Waals surface area contributed by atoms with Gasteiger partial charge in [-0.2, -0.15) is 0 Å². The predicted molar refractivity (Wildman–Crippen MR) is 116 cm³/mol. The van der Waals surface area contributed by atoms with Gasteiger partial charge in [-0.05, 0) is 50.3 Å². The molecule has 0 saturated carbocycles. The van der Waals surface area contributed by atoms with E-state index >= 15 is 0 Å². The normalized spacial score (nSPS) is 17.6. The number of rotatable bonds is 7. The number of hydrogen-bond donors (Lipinski definition) is 2. The van der Waals surface area contributed by atoms with Gasteiger partial charge in [-0.3, -0.25) is 4.79 Å². The lowest BCUT2D eigenvalue weighted by atomic mass is 9.76. The minimum atomic E-state index is -0.137. The molecule has 1 heterocycles. The van der Waals surface area contributed by atoms with Crippen molar-refractivity contribution in [2.45, 2.75) is 26.2 Å². The Hall–Kier alpha value is -1.60. The van der Waals surface area contributed by atoms with Gasteiger partial charge in [0.05, 0.1) is 15.7 Å². The van der Waals surface area contributed by atoms with E-state index in [0.717, 1.165) is 31.2 Å². The number of nitrogens with zero attached hydrogens (tertiary/aromatic N) is 3. The van der Waals surface area contributed by atoms with Gasteiger partial charge in [0.1, 0.15) is 17.9 Å². The molecule has 1 aromatic rings. The highest BCUT2D eigenvalue weighted by atomic mass is 35.5. The van der Waals surface area contributed by atoms with Crippen molar-refractivity contribution < 1.29 is 9.90 Å². The van der Waals surface area contributed by atoms with E-state index in [9.17, 15) is 9.90 Å². The van der Waals surface area contributed by atoms with Gasteiger partial charge in [0, 0.05) is 32.8 Å². The standard InChI is InChI=1S/C20H28Cl2N4O2/c1-15(25(2)17-5-3-4-16(21)19(17)22)24-18(6-13-27)26-11-8-20(14-28,7-10-23)9-12-26/h3-6,13,28H,7-12,14,23H2,1-2H3/b18-6+,24-15?. The largest absolute Gasteiger partial charge is 0.396 e. The lowest BCUT2D eigenvalue weighted by molar-refractivity contribution is -0.104. The second-order valence-electron chi connectivity index (χ2n) is 7.14. The lowest BCUT2D eigenvalue weighted by Gasteiger charge is -2.41. The second-order valence-corrected chi connectivity index (χ2v) is 7.92. The third kappa shape index (κ3) is 5.26. The molecule has 0 atom stereocenters. The summed E-state index contributed by atoms with van der Waals surface area (Å²) in [6, 6.07) is 5.42. The molecule has 8 heteroatoms. The van der Waals surface area contributed by atoms with Crippen LogP contribution in [0.1, 0.15) is 26.2 Å². The van der Waals surface area contributed by atoms with Gasteiger partial charge >= 0.3 is 0 Å². The molecular formula is C20H28Cl2N4O2. The van der Waals surface area contributed by atoms with E-state index in [2.05, 4.69) is 9.89 Å². The van der Waals surface area contributed by atoms with Crippen LogP contribution in [0.15, 0.2) is 35.1 Å². The average molecular weight is 427 g/mol. The van der Waals surface area contributed by atoms with Crippen molar-refractivity contribution in [3.63, 3.8) is 0 Å². The quantitative estimate of drug-likeness (QED) is 0.302. The van der Waals surface area contributed by atoms with Crippen LogP contribution in [0, 0.1) is 5.41 Å². The van der Waals surface area contributed by atoms with E-state index in [1.165, 1.54) is 6.08 Å². The minimum Gasteiger partial charge on any atom is -0.396 e. The topological polar surface area (TPSA) is 82.2 Å². The van der Waals surface area contributed by atoms with Crippen LogP contribution in [0.3, 0.4) is 0 Å². The van der Waals surface area contributed by atoms with Crippen LogP contribution >= 0.6 is 23.2 Å². The van der Waals surface area contributed by atoms with Gasteiger partial charge < -0.3 is 20.6 Å². The molecular weight excluding hydrogens is 399 g/mol. The smallest absolute Gasteiger partial charge is 0.146 e. The van der Waals surface area contributed by atoms with Crippen molar-refractivity contribution in [3.8, 4) is 0 Å². The Morgan fingerprint density at radius 2 is 2.07 bits per heavy atom. The lowest BCUT2D eigenvalue weighted by Crippen LogP contribution is -2.42. The predicted octanol–water partition coefficient (Wildman–Crippen LogP) is 3.31. The van der Waals surface area contributed by atoms with Crippen molar-refractivity contribution >= 4 is 41.0 Å². The number of benzene rings is 1. The number of carbonyl (C=O) groups is 1. The Morgan fingerprint density at radius 1 is 1.39 bits per heavy atom. The van der Waals surface area contributed by atoms with Gasteiger partial charge in [0.15, 0.2) is 0 Å². The number of hydrogen-bond acceptors (Lipinski definition) is 5. The van der Waals surface area contributed by atoms with Crippen molar-refractivity contribution in [2.75, 3.05) is 38.2 Å². The molecule has 0 unspecified atom stereocenters. The number of amidine groups is 1. The average Bonchev–Trinajstić information content (AvgIpc) is 2.70. The number of nitrogens with two attached hydrogens (primary N) is 1. The number of anilines is 1. The van der Waals surface area contributed by atoms with Crippen LogP contribution in [0.25, 0.3) is 0 Å². The number of piperidine rings is 1. The molecule has 0 radical (unpaired) electrons. The molecule has 2 rings (SSSR count). The van der Waals surface area contributed by atoms with Gasteiger partial charge in [0.2, 0.25) is 0 Å². The summed E-state index contributed by atoms with van der Waals surface area (Å²) >= 11 is 12.4. The first-order chi connectivity index (χ1) is 13.4. The molecule has 28 heavy (non-hydrogen) atoms. The number of aliphatic imine (C=N–C) groups is 1. The van der Waals surface area contributed by atoms with E-state index in [4.69, 9.17) is 28.9 Å². The highest BCUT2D eigenvalue weighted by Crippen LogP contribution is 2.36. The third-order valence-electron chi connectivity index (χ3n) is 5.43. The number of aliphatic hydroxyl groups excluding tert-OH is 1. The number of aliphatic hydroxyl groups is 1. The van der Waals surface area contributed by atoms with Crippen LogP contribution in [-0.2, 0) is 4.79 Å². The molecule has 6 nitrogen and oxygen atoms in total. The fourth-order valence-corrected chi connectivity index (χ4v) is 3.87. The Labute approximate surface area is 176 Å². The van der Waals surface area contributed by atoms with E-state index in [1.54, 1.807) is 6.07 Å². The highest BCUT2D eigenvalue weighted by molar-refractivity contribution is 6.44. The summed E-state index contributed by atoms with van der Waals surface area (Å²) < 4.78 is 0.